The molecule has 4 aromatic rings. The van der Waals surface area contributed by atoms with Crippen LogP contribution in [0.2, 0.25) is 0 Å². The van der Waals surface area contributed by atoms with Gasteiger partial charge in [0.05, 0.1) is 24.3 Å². The summed E-state index contributed by atoms with van der Waals surface area (Å²) in [5.74, 6) is 1.28. The second-order valence-electron chi connectivity index (χ2n) is 15.2. The number of aryl methyl sites for hydroxylation is 2. The molecule has 0 atom stereocenters. The third-order valence-electron chi connectivity index (χ3n) is 9.93. The third kappa shape index (κ3) is 24.7. The van der Waals surface area contributed by atoms with Crippen molar-refractivity contribution in [2.24, 2.45) is 0 Å². The molecule has 0 aliphatic carbocycles. The van der Waals surface area contributed by atoms with Crippen molar-refractivity contribution in [3.05, 3.63) is 119 Å². The molecule has 324 valence electrons. The van der Waals surface area contributed by atoms with E-state index in [1.54, 1.807) is 48.5 Å². The monoisotopic (exact) mass is 811 g/mol. The van der Waals surface area contributed by atoms with Crippen molar-refractivity contribution in [1.82, 2.24) is 0 Å². The lowest BCUT2D eigenvalue weighted by atomic mass is 10.0. The topological polar surface area (TPSA) is 102 Å². The number of hydrogen-bond donors (Lipinski definition) is 2. The molecule has 0 saturated carbocycles. The molecule has 0 fully saturated rings. The minimum atomic E-state index is -0.852. The van der Waals surface area contributed by atoms with Crippen molar-refractivity contribution < 1.29 is 34.0 Å². The van der Waals surface area contributed by atoms with Crippen molar-refractivity contribution in [3.8, 4) is 23.0 Å². The lowest BCUT2D eigenvalue weighted by Crippen LogP contribution is -2.08. The maximum atomic E-state index is 12.4. The summed E-state index contributed by atoms with van der Waals surface area (Å²) < 4.78 is 16.7. The van der Waals surface area contributed by atoms with Crippen molar-refractivity contribution in [3.63, 3.8) is 0 Å². The second kappa shape index (κ2) is 33.1. The first kappa shape index (κ1) is 50.4. The molecule has 0 heterocycles. The van der Waals surface area contributed by atoms with Gasteiger partial charge in [-0.05, 0) is 122 Å². The molecule has 0 radical (unpaired) electrons. The van der Waals surface area contributed by atoms with Crippen LogP contribution >= 0.6 is 0 Å². The Balaban J connectivity index is 0.000000337. The van der Waals surface area contributed by atoms with Crippen LogP contribution in [0.3, 0.4) is 0 Å². The number of carboxylic acids is 1. The Bertz CT molecular complexity index is 1610. The van der Waals surface area contributed by atoms with Crippen molar-refractivity contribution in [1.29, 1.82) is 0 Å². The Morgan fingerprint density at radius 1 is 0.424 bits per heavy atom. The molecular formula is C52H74O7. The highest BCUT2D eigenvalue weighted by molar-refractivity contribution is 5.91. The zero-order valence-corrected chi connectivity index (χ0v) is 36.7. The Kier molecular flexibility index (Phi) is 28.3. The van der Waals surface area contributed by atoms with Crippen LogP contribution in [-0.4, -0.2) is 35.4 Å². The summed E-state index contributed by atoms with van der Waals surface area (Å²) in [5, 5.41) is 17.8. The molecule has 0 aromatic heterocycles. The zero-order chi connectivity index (χ0) is 42.8. The molecule has 0 saturated heterocycles. The largest absolute Gasteiger partial charge is 0.508 e. The maximum absolute atomic E-state index is 12.4. The van der Waals surface area contributed by atoms with Gasteiger partial charge in [0.1, 0.15) is 23.0 Å². The van der Waals surface area contributed by atoms with E-state index in [9.17, 15) is 9.59 Å². The fourth-order valence-electron chi connectivity index (χ4n) is 6.24. The van der Waals surface area contributed by atoms with Crippen molar-refractivity contribution in [2.75, 3.05) is 13.2 Å². The van der Waals surface area contributed by atoms with Gasteiger partial charge in [0, 0.05) is 0 Å². The number of aromatic hydroxyl groups is 1. The van der Waals surface area contributed by atoms with E-state index in [4.69, 9.17) is 24.4 Å². The van der Waals surface area contributed by atoms with E-state index in [-0.39, 0.29) is 11.7 Å². The highest BCUT2D eigenvalue weighted by Crippen LogP contribution is 2.20. The molecule has 0 spiro atoms. The standard InChI is InChI=1S/C26H36O3.C14H20O2.C12H18O2/c1-3-5-7-9-10-12-22-13-15-23(16-14-22)26(27)29-25-19-17-24(18-20-25)28-21-11-8-6-4-2;1-2-3-4-5-6-7-12-8-10-13(11-9-12)14(15)16;1-2-3-4-5-10-14-12-8-6-11(13)7-9-12/h13-20H,3-12,21H2,1-2H3;8-11H,2-7H2,1H3,(H,15,16);6-9,13H,2-5,10H2,1H3. The van der Waals surface area contributed by atoms with Gasteiger partial charge < -0.3 is 24.4 Å². The van der Waals surface area contributed by atoms with Gasteiger partial charge in [0.2, 0.25) is 0 Å². The minimum Gasteiger partial charge on any atom is -0.508 e. The predicted molar refractivity (Wildman–Crippen MR) is 244 cm³/mol. The van der Waals surface area contributed by atoms with Gasteiger partial charge >= 0.3 is 11.9 Å². The van der Waals surface area contributed by atoms with Crippen LogP contribution < -0.4 is 14.2 Å². The van der Waals surface area contributed by atoms with Gasteiger partial charge in [-0.15, -0.1) is 0 Å². The van der Waals surface area contributed by atoms with E-state index < -0.39 is 5.97 Å². The molecule has 4 rings (SSSR count). The van der Waals surface area contributed by atoms with Crippen LogP contribution in [0.5, 0.6) is 23.0 Å². The molecular weight excluding hydrogens is 737 g/mol. The number of hydrogen-bond acceptors (Lipinski definition) is 6. The Labute approximate surface area is 356 Å². The summed E-state index contributed by atoms with van der Waals surface area (Å²) in [6.45, 7) is 10.3. The summed E-state index contributed by atoms with van der Waals surface area (Å²) in [5.41, 5.74) is 3.46. The number of esters is 1. The second-order valence-corrected chi connectivity index (χ2v) is 15.2. The first-order chi connectivity index (χ1) is 28.8. The molecule has 7 heteroatoms. The number of carbonyl (C=O) groups is 2. The van der Waals surface area contributed by atoms with Crippen LogP contribution in [0.15, 0.2) is 97.1 Å². The number of benzene rings is 4. The number of carbonyl (C=O) groups excluding carboxylic acids is 1. The molecule has 7 nitrogen and oxygen atoms in total. The Morgan fingerprint density at radius 2 is 0.780 bits per heavy atom. The summed E-state index contributed by atoms with van der Waals surface area (Å²) in [4.78, 5) is 23.0. The van der Waals surface area contributed by atoms with Gasteiger partial charge in [0.25, 0.3) is 0 Å². The highest BCUT2D eigenvalue weighted by Gasteiger charge is 2.09. The van der Waals surface area contributed by atoms with Crippen molar-refractivity contribution >= 4 is 11.9 Å². The van der Waals surface area contributed by atoms with Crippen LogP contribution in [0.1, 0.15) is 175 Å². The van der Waals surface area contributed by atoms with Gasteiger partial charge in [0.15, 0.2) is 0 Å². The number of carboxylic acid groups (broad SMARTS) is 1. The number of rotatable bonds is 27. The normalized spacial score (nSPS) is 10.4. The van der Waals surface area contributed by atoms with E-state index >= 15 is 0 Å². The van der Waals surface area contributed by atoms with Gasteiger partial charge in [-0.2, -0.15) is 0 Å². The van der Waals surface area contributed by atoms with E-state index in [0.29, 0.717) is 16.9 Å². The van der Waals surface area contributed by atoms with Gasteiger partial charge in [-0.25, -0.2) is 9.59 Å². The lowest BCUT2D eigenvalue weighted by molar-refractivity contribution is 0.0694. The van der Waals surface area contributed by atoms with Crippen molar-refractivity contribution in [2.45, 2.75) is 156 Å². The number of ether oxygens (including phenoxy) is 3. The Morgan fingerprint density at radius 3 is 1.19 bits per heavy atom. The predicted octanol–water partition coefficient (Wildman–Crippen LogP) is 14.6. The summed E-state index contributed by atoms with van der Waals surface area (Å²) in [7, 11) is 0. The molecule has 0 unspecified atom stereocenters. The molecule has 59 heavy (non-hydrogen) atoms. The zero-order valence-electron chi connectivity index (χ0n) is 36.7. The van der Waals surface area contributed by atoms with Crippen LogP contribution in [-0.2, 0) is 12.8 Å². The number of phenolic OH excluding ortho intramolecular Hbond substituents is 1. The lowest BCUT2D eigenvalue weighted by Gasteiger charge is -2.08. The first-order valence-electron chi connectivity index (χ1n) is 22.6. The van der Waals surface area contributed by atoms with Gasteiger partial charge in [-0.3, -0.25) is 0 Å². The first-order valence-corrected chi connectivity index (χ1v) is 22.6. The highest BCUT2D eigenvalue weighted by atomic mass is 16.5. The van der Waals surface area contributed by atoms with E-state index in [0.717, 1.165) is 50.4 Å². The SMILES string of the molecule is CCCCCCCc1ccc(C(=O)O)cc1.CCCCCCCc1ccc(C(=O)Oc2ccc(OCCCCCC)cc2)cc1.CCCCCCOc1ccc(O)cc1. The molecule has 2 N–H and O–H groups in total. The average Bonchev–Trinajstić information content (AvgIpc) is 3.25. The van der Waals surface area contributed by atoms with E-state index in [1.807, 2.05) is 48.5 Å². The van der Waals surface area contributed by atoms with E-state index in [2.05, 4.69) is 27.7 Å². The molecule has 0 aliphatic rings. The fraction of sp³-hybridized carbons (Fsp3) is 0.500. The molecule has 0 aliphatic heterocycles. The molecule has 0 amide bonds. The summed E-state index contributed by atoms with van der Waals surface area (Å²) >= 11 is 0. The van der Waals surface area contributed by atoms with Crippen LogP contribution in [0.4, 0.5) is 0 Å². The van der Waals surface area contributed by atoms with Crippen LogP contribution in [0.25, 0.3) is 0 Å². The quantitative estimate of drug-likeness (QED) is 0.0351. The van der Waals surface area contributed by atoms with Crippen LogP contribution in [0, 0.1) is 0 Å². The Hall–Kier alpha value is -4.78. The minimum absolute atomic E-state index is 0.281. The molecule has 4 aromatic carbocycles. The third-order valence-corrected chi connectivity index (χ3v) is 9.93. The fourth-order valence-corrected chi connectivity index (χ4v) is 6.24. The maximum Gasteiger partial charge on any atom is 0.343 e. The smallest absolute Gasteiger partial charge is 0.343 e. The average molecular weight is 811 g/mol. The van der Waals surface area contributed by atoms with Gasteiger partial charge in [-0.1, -0.05) is 142 Å². The van der Waals surface area contributed by atoms with E-state index in [1.165, 1.54) is 114 Å². The molecule has 0 bridgehead atoms. The number of aromatic carboxylic acids is 1. The number of unbranched alkanes of at least 4 members (excludes halogenated alkanes) is 14. The summed E-state index contributed by atoms with van der Waals surface area (Å²) in [6.07, 6.45) is 24.5. The number of phenols is 1. The summed E-state index contributed by atoms with van der Waals surface area (Å²) in [6, 6.07) is 29.1.